The lowest BCUT2D eigenvalue weighted by Crippen LogP contribution is -2.25. The highest BCUT2D eigenvalue weighted by atomic mass is 79.9. The SMILES string of the molecule is CC1(c2nc(CSc3ccc(Br)cc3)no2)CCNC1. The topological polar surface area (TPSA) is 51.0 Å². The Labute approximate surface area is 130 Å². The van der Waals surface area contributed by atoms with Crippen LogP contribution in [-0.4, -0.2) is 23.2 Å². The molecule has 6 heteroatoms. The van der Waals surface area contributed by atoms with Gasteiger partial charge in [-0.1, -0.05) is 21.1 Å². The zero-order valence-electron chi connectivity index (χ0n) is 11.2. The molecule has 2 aromatic rings. The maximum Gasteiger partial charge on any atom is 0.233 e. The third-order valence-corrected chi connectivity index (χ3v) is 5.07. The molecule has 0 saturated carbocycles. The van der Waals surface area contributed by atoms with Gasteiger partial charge in [-0.15, -0.1) is 11.8 Å². The summed E-state index contributed by atoms with van der Waals surface area (Å²) in [5, 5.41) is 7.44. The number of halogens is 1. The molecule has 1 aromatic carbocycles. The van der Waals surface area contributed by atoms with Gasteiger partial charge in [-0.3, -0.25) is 0 Å². The van der Waals surface area contributed by atoms with Crippen LogP contribution in [0, 0.1) is 0 Å². The molecular weight excluding hydrogens is 338 g/mol. The van der Waals surface area contributed by atoms with Crippen molar-refractivity contribution in [1.82, 2.24) is 15.5 Å². The molecule has 0 aliphatic carbocycles. The van der Waals surface area contributed by atoms with E-state index in [0.29, 0.717) is 0 Å². The van der Waals surface area contributed by atoms with Gasteiger partial charge in [-0.05, 0) is 44.2 Å². The predicted octanol–water partition coefficient (Wildman–Crippen LogP) is 3.38. The Morgan fingerprint density at radius 1 is 1.40 bits per heavy atom. The predicted molar refractivity (Wildman–Crippen MR) is 82.8 cm³/mol. The van der Waals surface area contributed by atoms with Crippen LogP contribution in [0.5, 0.6) is 0 Å². The Bertz CT molecular complexity index is 578. The highest BCUT2D eigenvalue weighted by Crippen LogP contribution is 2.29. The zero-order valence-corrected chi connectivity index (χ0v) is 13.6. The van der Waals surface area contributed by atoms with Gasteiger partial charge in [0, 0.05) is 15.9 Å². The molecule has 106 valence electrons. The van der Waals surface area contributed by atoms with Crippen molar-refractivity contribution < 1.29 is 4.52 Å². The van der Waals surface area contributed by atoms with E-state index in [-0.39, 0.29) is 5.41 Å². The minimum absolute atomic E-state index is 0.00642. The van der Waals surface area contributed by atoms with Gasteiger partial charge >= 0.3 is 0 Å². The average molecular weight is 354 g/mol. The summed E-state index contributed by atoms with van der Waals surface area (Å²) in [4.78, 5) is 5.75. The van der Waals surface area contributed by atoms with Crippen molar-refractivity contribution >= 4 is 27.7 Å². The fourth-order valence-corrected chi connectivity index (χ4v) is 3.24. The molecule has 0 spiro atoms. The molecule has 2 heterocycles. The van der Waals surface area contributed by atoms with E-state index in [1.54, 1.807) is 11.8 Å². The molecule has 4 nitrogen and oxygen atoms in total. The van der Waals surface area contributed by atoms with Crippen LogP contribution in [0.4, 0.5) is 0 Å². The van der Waals surface area contributed by atoms with E-state index in [4.69, 9.17) is 4.52 Å². The summed E-state index contributed by atoms with van der Waals surface area (Å²) >= 11 is 5.15. The summed E-state index contributed by atoms with van der Waals surface area (Å²) in [7, 11) is 0. The smallest absolute Gasteiger partial charge is 0.233 e. The van der Waals surface area contributed by atoms with Gasteiger partial charge in [0.2, 0.25) is 5.89 Å². The number of aromatic nitrogens is 2. The van der Waals surface area contributed by atoms with E-state index < -0.39 is 0 Å². The second-order valence-corrected chi connectivity index (χ2v) is 7.21. The molecule has 3 rings (SSSR count). The van der Waals surface area contributed by atoms with Crippen molar-refractivity contribution in [1.29, 1.82) is 0 Å². The van der Waals surface area contributed by atoms with Gasteiger partial charge in [-0.2, -0.15) is 4.98 Å². The molecule has 1 aliphatic rings. The number of rotatable bonds is 4. The van der Waals surface area contributed by atoms with Gasteiger partial charge in [0.25, 0.3) is 0 Å². The Hall–Kier alpha value is -0.850. The van der Waals surface area contributed by atoms with Crippen LogP contribution in [0.2, 0.25) is 0 Å². The number of thioether (sulfide) groups is 1. The number of benzene rings is 1. The highest BCUT2D eigenvalue weighted by molar-refractivity contribution is 9.10. The highest BCUT2D eigenvalue weighted by Gasteiger charge is 2.36. The van der Waals surface area contributed by atoms with Crippen LogP contribution in [-0.2, 0) is 11.2 Å². The van der Waals surface area contributed by atoms with Crippen LogP contribution >= 0.6 is 27.7 Å². The minimum Gasteiger partial charge on any atom is -0.339 e. The second kappa shape index (κ2) is 5.87. The van der Waals surface area contributed by atoms with Crippen LogP contribution in [0.1, 0.15) is 25.1 Å². The van der Waals surface area contributed by atoms with Crippen molar-refractivity contribution in [3.8, 4) is 0 Å². The number of nitrogens with zero attached hydrogens (tertiary/aromatic N) is 2. The molecule has 1 unspecified atom stereocenters. The lowest BCUT2D eigenvalue weighted by Gasteiger charge is -2.15. The Morgan fingerprint density at radius 2 is 2.20 bits per heavy atom. The van der Waals surface area contributed by atoms with Gasteiger partial charge in [0.1, 0.15) is 0 Å². The van der Waals surface area contributed by atoms with E-state index in [1.807, 2.05) is 12.1 Å². The lowest BCUT2D eigenvalue weighted by molar-refractivity contribution is 0.305. The van der Waals surface area contributed by atoms with Crippen molar-refractivity contribution in [3.05, 3.63) is 40.5 Å². The largest absolute Gasteiger partial charge is 0.339 e. The van der Waals surface area contributed by atoms with E-state index in [1.165, 1.54) is 4.90 Å². The first-order valence-electron chi connectivity index (χ1n) is 6.58. The van der Waals surface area contributed by atoms with E-state index in [0.717, 1.165) is 41.5 Å². The molecule has 1 N–H and O–H groups in total. The molecule has 20 heavy (non-hydrogen) atoms. The molecular formula is C14H16BrN3OS. The van der Waals surface area contributed by atoms with Crippen molar-refractivity contribution in [2.45, 2.75) is 29.4 Å². The van der Waals surface area contributed by atoms with E-state index in [2.05, 4.69) is 50.4 Å². The Kier molecular flexibility index (Phi) is 4.14. The molecule has 1 aromatic heterocycles. The van der Waals surface area contributed by atoms with Crippen molar-refractivity contribution in [2.75, 3.05) is 13.1 Å². The molecule has 0 amide bonds. The van der Waals surface area contributed by atoms with Gasteiger partial charge < -0.3 is 9.84 Å². The normalized spacial score (nSPS) is 22.3. The monoisotopic (exact) mass is 353 g/mol. The summed E-state index contributed by atoms with van der Waals surface area (Å²) in [6.07, 6.45) is 1.05. The average Bonchev–Trinajstić information content (AvgIpc) is 3.08. The summed E-state index contributed by atoms with van der Waals surface area (Å²) in [6, 6.07) is 8.24. The third kappa shape index (κ3) is 3.07. The van der Waals surface area contributed by atoms with Crippen LogP contribution < -0.4 is 5.32 Å². The van der Waals surface area contributed by atoms with Gasteiger partial charge in [-0.25, -0.2) is 0 Å². The zero-order chi connectivity index (χ0) is 14.0. The van der Waals surface area contributed by atoms with E-state index in [9.17, 15) is 0 Å². The molecule has 1 saturated heterocycles. The first kappa shape index (κ1) is 14.1. The summed E-state index contributed by atoms with van der Waals surface area (Å²) in [5.74, 6) is 2.25. The number of hydrogen-bond acceptors (Lipinski definition) is 5. The fraction of sp³-hybridized carbons (Fsp3) is 0.429. The van der Waals surface area contributed by atoms with Gasteiger partial charge in [0.05, 0.1) is 11.2 Å². The standard InChI is InChI=1S/C14H16BrN3OS/c1-14(6-7-16-9-14)13-17-12(18-19-13)8-20-11-4-2-10(15)3-5-11/h2-5,16H,6-9H2,1H3. The van der Waals surface area contributed by atoms with Crippen molar-refractivity contribution in [3.63, 3.8) is 0 Å². The molecule has 1 atom stereocenters. The maximum atomic E-state index is 5.44. The number of hydrogen-bond donors (Lipinski definition) is 1. The summed E-state index contributed by atoms with van der Waals surface area (Å²) < 4.78 is 6.53. The first-order valence-corrected chi connectivity index (χ1v) is 8.36. The Balaban J connectivity index is 1.64. The fourth-order valence-electron chi connectivity index (χ4n) is 2.24. The Morgan fingerprint density at radius 3 is 2.90 bits per heavy atom. The second-order valence-electron chi connectivity index (χ2n) is 5.25. The number of nitrogens with one attached hydrogen (secondary N) is 1. The third-order valence-electron chi connectivity index (χ3n) is 3.53. The van der Waals surface area contributed by atoms with Crippen molar-refractivity contribution in [2.24, 2.45) is 0 Å². The molecule has 1 aliphatic heterocycles. The summed E-state index contributed by atoms with van der Waals surface area (Å²) in [6.45, 7) is 4.10. The molecule has 0 bridgehead atoms. The minimum atomic E-state index is -0.00642. The van der Waals surface area contributed by atoms with Crippen LogP contribution in [0.25, 0.3) is 0 Å². The maximum absolute atomic E-state index is 5.44. The van der Waals surface area contributed by atoms with Crippen LogP contribution in [0.15, 0.2) is 38.2 Å². The first-order chi connectivity index (χ1) is 9.66. The van der Waals surface area contributed by atoms with Gasteiger partial charge in [0.15, 0.2) is 5.82 Å². The quantitative estimate of drug-likeness (QED) is 0.853. The summed E-state index contributed by atoms with van der Waals surface area (Å²) in [5.41, 5.74) is -0.00642. The van der Waals surface area contributed by atoms with E-state index >= 15 is 0 Å². The van der Waals surface area contributed by atoms with Crippen LogP contribution in [0.3, 0.4) is 0 Å². The lowest BCUT2D eigenvalue weighted by atomic mass is 9.90. The molecule has 1 fully saturated rings. The molecule has 0 radical (unpaired) electrons.